The monoisotopic (exact) mass is 226 g/mol. The highest BCUT2D eigenvalue weighted by molar-refractivity contribution is 7.80. The lowest BCUT2D eigenvalue weighted by Gasteiger charge is -2.10. The van der Waals surface area contributed by atoms with E-state index in [-0.39, 0.29) is 11.1 Å². The molecule has 0 atom stereocenters. The third-order valence-electron chi connectivity index (χ3n) is 2.32. The normalized spacial score (nSPS) is 10.1. The second-order valence-electron chi connectivity index (χ2n) is 3.18. The van der Waals surface area contributed by atoms with Gasteiger partial charge in [0.15, 0.2) is 0 Å². The summed E-state index contributed by atoms with van der Waals surface area (Å²) >= 11 is 4.09. The fraction of sp³-hybridized carbons (Fsp3) is 0.200. The maximum atomic E-state index is 10.9. The van der Waals surface area contributed by atoms with E-state index in [9.17, 15) is 9.59 Å². The van der Waals surface area contributed by atoms with Gasteiger partial charge in [-0.2, -0.15) is 0 Å². The van der Waals surface area contributed by atoms with E-state index in [2.05, 4.69) is 12.6 Å². The Morgan fingerprint density at radius 2 is 1.67 bits per heavy atom. The molecule has 0 heterocycles. The first-order chi connectivity index (χ1) is 6.86. The van der Waals surface area contributed by atoms with Crippen LogP contribution in [0.15, 0.2) is 11.0 Å². The van der Waals surface area contributed by atoms with Crippen LogP contribution < -0.4 is 0 Å². The lowest BCUT2D eigenvalue weighted by atomic mass is 9.97. The lowest BCUT2D eigenvalue weighted by Crippen LogP contribution is -2.11. The van der Waals surface area contributed by atoms with Crippen molar-refractivity contribution in [1.29, 1.82) is 0 Å². The van der Waals surface area contributed by atoms with E-state index in [1.807, 2.05) is 0 Å². The second-order valence-corrected chi connectivity index (χ2v) is 3.66. The SMILES string of the molecule is Cc1c(S)cc(C(=O)O)c(C(=O)O)c1C. The summed E-state index contributed by atoms with van der Waals surface area (Å²) in [6, 6.07) is 1.26. The van der Waals surface area contributed by atoms with Gasteiger partial charge < -0.3 is 10.2 Å². The largest absolute Gasteiger partial charge is 0.478 e. The molecule has 1 aromatic carbocycles. The van der Waals surface area contributed by atoms with Crippen molar-refractivity contribution in [3.63, 3.8) is 0 Å². The molecule has 0 saturated heterocycles. The highest BCUT2D eigenvalue weighted by Gasteiger charge is 2.20. The standard InChI is InChI=1S/C10H10O4S/c1-4-5(2)8(10(13)14)6(9(11)12)3-7(4)15/h3,15H,1-2H3,(H,11,12)(H,13,14). The number of carboxylic acids is 2. The van der Waals surface area contributed by atoms with E-state index < -0.39 is 11.9 Å². The minimum atomic E-state index is -1.26. The number of aromatic carboxylic acids is 2. The Bertz CT molecular complexity index is 451. The van der Waals surface area contributed by atoms with Crippen molar-refractivity contribution in [3.8, 4) is 0 Å². The average molecular weight is 226 g/mol. The molecular weight excluding hydrogens is 216 g/mol. The molecule has 2 N–H and O–H groups in total. The van der Waals surface area contributed by atoms with Crippen LogP contribution in [0.1, 0.15) is 31.8 Å². The van der Waals surface area contributed by atoms with Gasteiger partial charge in [-0.05, 0) is 31.0 Å². The second kappa shape index (κ2) is 3.94. The summed E-state index contributed by atoms with van der Waals surface area (Å²) in [5.74, 6) is -2.49. The molecule has 1 rings (SSSR count). The van der Waals surface area contributed by atoms with Crippen molar-refractivity contribution in [2.45, 2.75) is 18.7 Å². The molecule has 5 heteroatoms. The highest BCUT2D eigenvalue weighted by atomic mass is 32.1. The summed E-state index contributed by atoms with van der Waals surface area (Å²) in [5, 5.41) is 17.8. The molecule has 0 unspecified atom stereocenters. The van der Waals surface area contributed by atoms with Crippen LogP contribution in [0.4, 0.5) is 0 Å². The van der Waals surface area contributed by atoms with Crippen LogP contribution in [-0.4, -0.2) is 22.2 Å². The summed E-state index contributed by atoms with van der Waals surface area (Å²) in [6.45, 7) is 3.28. The minimum Gasteiger partial charge on any atom is -0.478 e. The first-order valence-corrected chi connectivity index (χ1v) is 4.60. The van der Waals surface area contributed by atoms with Gasteiger partial charge in [-0.3, -0.25) is 0 Å². The van der Waals surface area contributed by atoms with Gasteiger partial charge in [0.1, 0.15) is 0 Å². The van der Waals surface area contributed by atoms with Crippen LogP contribution in [0, 0.1) is 13.8 Å². The Kier molecular flexibility index (Phi) is 3.04. The average Bonchev–Trinajstić information content (AvgIpc) is 2.12. The zero-order valence-electron chi connectivity index (χ0n) is 8.24. The molecule has 0 spiro atoms. The lowest BCUT2D eigenvalue weighted by molar-refractivity contribution is 0.0650. The molecule has 0 amide bonds. The molecule has 4 nitrogen and oxygen atoms in total. The maximum Gasteiger partial charge on any atom is 0.336 e. The van der Waals surface area contributed by atoms with Crippen molar-refractivity contribution in [1.82, 2.24) is 0 Å². The summed E-state index contributed by atoms with van der Waals surface area (Å²) in [4.78, 5) is 22.2. The van der Waals surface area contributed by atoms with E-state index in [1.165, 1.54) is 6.07 Å². The minimum absolute atomic E-state index is 0.169. The predicted molar refractivity (Wildman–Crippen MR) is 57.1 cm³/mol. The molecule has 0 fully saturated rings. The fourth-order valence-corrected chi connectivity index (χ4v) is 1.64. The van der Waals surface area contributed by atoms with E-state index >= 15 is 0 Å². The zero-order valence-corrected chi connectivity index (χ0v) is 9.13. The Morgan fingerprint density at radius 1 is 1.13 bits per heavy atom. The Balaban J connectivity index is 3.65. The molecule has 0 aliphatic heterocycles. The summed E-state index contributed by atoms with van der Waals surface area (Å²) in [5.41, 5.74) is 0.724. The number of carboxylic acid groups (broad SMARTS) is 2. The van der Waals surface area contributed by atoms with E-state index in [1.54, 1.807) is 13.8 Å². The number of benzene rings is 1. The zero-order chi connectivity index (χ0) is 11.7. The molecule has 0 aliphatic carbocycles. The van der Waals surface area contributed by atoms with Gasteiger partial charge in [-0.15, -0.1) is 12.6 Å². The summed E-state index contributed by atoms with van der Waals surface area (Å²) in [7, 11) is 0. The number of hydrogen-bond donors (Lipinski definition) is 3. The van der Waals surface area contributed by atoms with E-state index in [0.29, 0.717) is 16.0 Å². The van der Waals surface area contributed by atoms with Crippen molar-refractivity contribution in [2.75, 3.05) is 0 Å². The molecule has 0 radical (unpaired) electrons. The number of hydrogen-bond acceptors (Lipinski definition) is 3. The van der Waals surface area contributed by atoms with Gasteiger partial charge >= 0.3 is 11.9 Å². The van der Waals surface area contributed by atoms with Gasteiger partial charge in [0.25, 0.3) is 0 Å². The number of thiol groups is 1. The quantitative estimate of drug-likeness (QED) is 0.674. The smallest absolute Gasteiger partial charge is 0.336 e. The van der Waals surface area contributed by atoms with Gasteiger partial charge in [0.05, 0.1) is 11.1 Å². The Morgan fingerprint density at radius 3 is 2.07 bits per heavy atom. The van der Waals surface area contributed by atoms with Crippen LogP contribution >= 0.6 is 12.6 Å². The first-order valence-electron chi connectivity index (χ1n) is 4.16. The topological polar surface area (TPSA) is 74.6 Å². The number of rotatable bonds is 2. The number of carbonyl (C=O) groups is 2. The Labute approximate surface area is 92.0 Å². The molecular formula is C10H10O4S. The molecule has 0 saturated carbocycles. The predicted octanol–water partition coefficient (Wildman–Crippen LogP) is 1.99. The van der Waals surface area contributed by atoms with Crippen LogP contribution in [0.5, 0.6) is 0 Å². The van der Waals surface area contributed by atoms with Gasteiger partial charge in [-0.1, -0.05) is 0 Å². The molecule has 80 valence electrons. The van der Waals surface area contributed by atoms with Crippen molar-refractivity contribution in [2.24, 2.45) is 0 Å². The molecule has 15 heavy (non-hydrogen) atoms. The summed E-state index contributed by atoms with van der Waals surface area (Å²) < 4.78 is 0. The molecule has 1 aromatic rings. The Hall–Kier alpha value is -1.49. The summed E-state index contributed by atoms with van der Waals surface area (Å²) in [6.07, 6.45) is 0. The van der Waals surface area contributed by atoms with Crippen molar-refractivity contribution < 1.29 is 19.8 Å². The van der Waals surface area contributed by atoms with Crippen LogP contribution in [-0.2, 0) is 0 Å². The van der Waals surface area contributed by atoms with Crippen LogP contribution in [0.2, 0.25) is 0 Å². The van der Waals surface area contributed by atoms with Gasteiger partial charge in [0, 0.05) is 4.90 Å². The van der Waals surface area contributed by atoms with Crippen molar-refractivity contribution >= 4 is 24.6 Å². The fourth-order valence-electron chi connectivity index (χ4n) is 1.34. The molecule has 0 bridgehead atoms. The van der Waals surface area contributed by atoms with Crippen molar-refractivity contribution in [3.05, 3.63) is 28.3 Å². The van der Waals surface area contributed by atoms with E-state index in [4.69, 9.17) is 10.2 Å². The molecule has 0 aromatic heterocycles. The van der Waals surface area contributed by atoms with Gasteiger partial charge in [-0.25, -0.2) is 9.59 Å². The van der Waals surface area contributed by atoms with Gasteiger partial charge in [0.2, 0.25) is 0 Å². The highest BCUT2D eigenvalue weighted by Crippen LogP contribution is 2.24. The first kappa shape index (κ1) is 11.6. The third-order valence-corrected chi connectivity index (χ3v) is 2.78. The molecule has 0 aliphatic rings. The van der Waals surface area contributed by atoms with E-state index in [0.717, 1.165) is 0 Å². The van der Waals surface area contributed by atoms with Crippen LogP contribution in [0.3, 0.4) is 0 Å². The maximum absolute atomic E-state index is 10.9. The third kappa shape index (κ3) is 1.97. The van der Waals surface area contributed by atoms with Crippen LogP contribution in [0.25, 0.3) is 0 Å².